The summed E-state index contributed by atoms with van der Waals surface area (Å²) in [4.78, 5) is 12.4. The number of nitrogen functional groups attached to an aromatic ring is 2. The predicted molar refractivity (Wildman–Crippen MR) is 118 cm³/mol. The van der Waals surface area contributed by atoms with Crippen LogP contribution in [0.5, 0.6) is 0 Å². The molecule has 0 spiro atoms. The molecule has 0 bridgehead atoms. The molecule has 0 amide bonds. The average Bonchev–Trinajstić information content (AvgIpc) is 2.73. The molecular weight excluding hydrogens is 382 g/mol. The summed E-state index contributed by atoms with van der Waals surface area (Å²) in [7, 11) is 0. The van der Waals surface area contributed by atoms with Crippen LogP contribution in [0.15, 0.2) is 24.3 Å². The smallest absolute Gasteiger partial charge is 0.312 e. The quantitative estimate of drug-likeness (QED) is 0.346. The third-order valence-electron chi connectivity index (χ3n) is 4.54. The number of nitrogens with zero attached hydrogens (tertiary/aromatic N) is 3. The van der Waals surface area contributed by atoms with Gasteiger partial charge in [0.25, 0.3) is 0 Å². The summed E-state index contributed by atoms with van der Waals surface area (Å²) < 4.78 is 18.9. The second-order valence-corrected chi connectivity index (χ2v) is 7.08. The van der Waals surface area contributed by atoms with Crippen LogP contribution in [-0.2, 0) is 20.2 Å². The molecule has 0 saturated carbocycles. The molecule has 4 N–H and O–H groups in total. The number of anilines is 2. The van der Waals surface area contributed by atoms with Crippen LogP contribution in [-0.4, -0.2) is 34.8 Å². The maximum Gasteiger partial charge on any atom is 0.312 e. The van der Waals surface area contributed by atoms with Crippen molar-refractivity contribution in [1.29, 1.82) is 0 Å². The van der Waals surface area contributed by atoms with Crippen molar-refractivity contribution in [3.63, 3.8) is 0 Å². The van der Waals surface area contributed by atoms with Crippen LogP contribution in [0, 0.1) is 0 Å². The van der Waals surface area contributed by atoms with Crippen molar-refractivity contribution in [2.45, 2.75) is 65.3 Å². The molecule has 0 aliphatic rings. The van der Waals surface area contributed by atoms with E-state index in [0.29, 0.717) is 36.8 Å². The van der Waals surface area contributed by atoms with Crippen molar-refractivity contribution < 1.29 is 14.2 Å². The van der Waals surface area contributed by atoms with E-state index >= 15 is 0 Å². The Morgan fingerprint density at radius 1 is 0.733 bits per heavy atom. The lowest BCUT2D eigenvalue weighted by Crippen LogP contribution is -2.38. The maximum atomic E-state index is 6.29. The van der Waals surface area contributed by atoms with Crippen molar-refractivity contribution in [2.24, 2.45) is 0 Å². The zero-order chi connectivity index (χ0) is 21.8. The Morgan fingerprint density at radius 2 is 1.20 bits per heavy atom. The molecule has 0 aliphatic heterocycles. The molecular formula is C22H35N5O3. The molecule has 2 rings (SSSR count). The van der Waals surface area contributed by atoms with Gasteiger partial charge in [-0.3, -0.25) is 0 Å². The van der Waals surface area contributed by atoms with Gasteiger partial charge < -0.3 is 25.7 Å². The fourth-order valence-corrected chi connectivity index (χ4v) is 2.89. The first-order valence-corrected chi connectivity index (χ1v) is 10.8. The van der Waals surface area contributed by atoms with Gasteiger partial charge in [0, 0.05) is 5.56 Å². The van der Waals surface area contributed by atoms with Crippen molar-refractivity contribution in [1.82, 2.24) is 15.0 Å². The molecule has 8 heteroatoms. The van der Waals surface area contributed by atoms with Gasteiger partial charge in [0.05, 0.1) is 25.4 Å². The first kappa shape index (κ1) is 24.0. The Hall–Kier alpha value is -2.29. The van der Waals surface area contributed by atoms with Crippen LogP contribution in [0.25, 0.3) is 11.4 Å². The minimum atomic E-state index is -1.35. The van der Waals surface area contributed by atoms with Crippen LogP contribution >= 0.6 is 0 Å². The summed E-state index contributed by atoms with van der Waals surface area (Å²) in [6.07, 6.45) is 5.68. The van der Waals surface area contributed by atoms with Crippen LogP contribution < -0.4 is 11.5 Å². The molecule has 0 atom stereocenters. The Balaban J connectivity index is 2.54. The molecule has 0 aliphatic carbocycles. The van der Waals surface area contributed by atoms with Crippen molar-refractivity contribution >= 4 is 11.9 Å². The zero-order valence-corrected chi connectivity index (χ0v) is 18.4. The van der Waals surface area contributed by atoms with Crippen molar-refractivity contribution in [3.05, 3.63) is 29.8 Å². The summed E-state index contributed by atoms with van der Waals surface area (Å²) in [5, 5.41) is 0. The van der Waals surface area contributed by atoms with E-state index in [1.807, 2.05) is 24.3 Å². The van der Waals surface area contributed by atoms with Gasteiger partial charge in [-0.15, -0.1) is 0 Å². The molecule has 1 heterocycles. The van der Waals surface area contributed by atoms with Gasteiger partial charge in [0.1, 0.15) is 0 Å². The van der Waals surface area contributed by atoms with E-state index in [1.165, 1.54) is 0 Å². The predicted octanol–water partition coefficient (Wildman–Crippen LogP) is 4.26. The van der Waals surface area contributed by atoms with Crippen LogP contribution in [0.2, 0.25) is 0 Å². The Labute approximate surface area is 179 Å². The van der Waals surface area contributed by atoms with E-state index in [4.69, 9.17) is 25.7 Å². The summed E-state index contributed by atoms with van der Waals surface area (Å²) in [6.45, 7) is 7.86. The van der Waals surface area contributed by atoms with E-state index < -0.39 is 5.97 Å². The van der Waals surface area contributed by atoms with E-state index in [2.05, 4.69) is 35.7 Å². The van der Waals surface area contributed by atoms with E-state index in [9.17, 15) is 0 Å². The number of aromatic nitrogens is 3. The fourth-order valence-electron chi connectivity index (χ4n) is 2.89. The third kappa shape index (κ3) is 6.62. The normalized spacial score (nSPS) is 11.7. The van der Waals surface area contributed by atoms with Gasteiger partial charge in [0.2, 0.25) is 11.9 Å². The van der Waals surface area contributed by atoms with Crippen LogP contribution in [0.4, 0.5) is 11.9 Å². The monoisotopic (exact) mass is 417 g/mol. The van der Waals surface area contributed by atoms with Gasteiger partial charge in [-0.2, -0.15) is 15.0 Å². The third-order valence-corrected chi connectivity index (χ3v) is 4.54. The van der Waals surface area contributed by atoms with Crippen molar-refractivity contribution in [3.8, 4) is 11.4 Å². The summed E-state index contributed by atoms with van der Waals surface area (Å²) in [5.41, 5.74) is 13.0. The topological polar surface area (TPSA) is 118 Å². The largest absolute Gasteiger partial charge is 0.368 e. The Kier molecular flexibility index (Phi) is 9.93. The molecule has 0 unspecified atom stereocenters. The first-order chi connectivity index (χ1) is 14.6. The molecule has 0 saturated heterocycles. The number of benzene rings is 1. The molecule has 1 aromatic carbocycles. The number of hydrogen-bond acceptors (Lipinski definition) is 8. The number of ether oxygens (including phenoxy) is 3. The van der Waals surface area contributed by atoms with Crippen LogP contribution in [0.3, 0.4) is 0 Å². The van der Waals surface area contributed by atoms with Gasteiger partial charge in [-0.1, -0.05) is 64.3 Å². The maximum absolute atomic E-state index is 6.29. The van der Waals surface area contributed by atoms with Gasteiger partial charge in [-0.25, -0.2) is 0 Å². The van der Waals surface area contributed by atoms with Crippen LogP contribution in [0.1, 0.15) is 64.9 Å². The second-order valence-electron chi connectivity index (χ2n) is 7.08. The molecule has 0 radical (unpaired) electrons. The molecule has 166 valence electrons. The van der Waals surface area contributed by atoms with Gasteiger partial charge in [-0.05, 0) is 19.3 Å². The fraction of sp³-hybridized carbons (Fsp3) is 0.591. The zero-order valence-electron chi connectivity index (χ0n) is 18.4. The lowest BCUT2D eigenvalue weighted by Gasteiger charge is -2.35. The molecule has 2 aromatic rings. The standard InChI is InChI=1S/C22H35N5O3/c1-4-7-14-28-22(29-15-8-5-2,30-16-9-6-3)18-13-11-10-12-17(18)19-25-20(23)27-21(24)26-19/h10-13H,4-9,14-16H2,1-3H3,(H4,23,24,25,26,27). The highest BCUT2D eigenvalue weighted by Gasteiger charge is 2.39. The lowest BCUT2D eigenvalue weighted by molar-refractivity contribution is -0.393. The van der Waals surface area contributed by atoms with Gasteiger partial charge >= 0.3 is 5.97 Å². The molecule has 8 nitrogen and oxygen atoms in total. The highest BCUT2D eigenvalue weighted by atomic mass is 16.9. The summed E-state index contributed by atoms with van der Waals surface area (Å²) in [5.74, 6) is -0.879. The summed E-state index contributed by atoms with van der Waals surface area (Å²) in [6, 6.07) is 7.60. The number of hydrogen-bond donors (Lipinski definition) is 2. The molecule has 1 aromatic heterocycles. The minimum absolute atomic E-state index is 0.0589. The Bertz CT molecular complexity index is 725. The lowest BCUT2D eigenvalue weighted by atomic mass is 10.0. The second kappa shape index (κ2) is 12.4. The van der Waals surface area contributed by atoms with E-state index in [1.54, 1.807) is 0 Å². The highest BCUT2D eigenvalue weighted by Crippen LogP contribution is 2.36. The minimum Gasteiger partial charge on any atom is -0.368 e. The number of rotatable bonds is 14. The molecule has 0 fully saturated rings. The first-order valence-electron chi connectivity index (χ1n) is 10.8. The van der Waals surface area contributed by atoms with Crippen molar-refractivity contribution in [2.75, 3.05) is 31.3 Å². The Morgan fingerprint density at radius 3 is 1.67 bits per heavy atom. The molecule has 30 heavy (non-hydrogen) atoms. The number of unbranched alkanes of at least 4 members (excludes halogenated alkanes) is 3. The number of nitrogens with two attached hydrogens (primary N) is 2. The van der Waals surface area contributed by atoms with E-state index in [-0.39, 0.29) is 11.9 Å². The SMILES string of the molecule is CCCCOC(OCCCC)(OCCCC)c1ccccc1-c1nc(N)nc(N)n1. The van der Waals surface area contributed by atoms with Gasteiger partial charge in [0.15, 0.2) is 5.82 Å². The van der Waals surface area contributed by atoms with E-state index in [0.717, 1.165) is 38.5 Å². The average molecular weight is 418 g/mol. The highest BCUT2D eigenvalue weighted by molar-refractivity contribution is 5.62. The summed E-state index contributed by atoms with van der Waals surface area (Å²) >= 11 is 0.